The van der Waals surface area contributed by atoms with Gasteiger partial charge < -0.3 is 0 Å². The van der Waals surface area contributed by atoms with Gasteiger partial charge in [0.1, 0.15) is 6.33 Å². The highest BCUT2D eigenvalue weighted by Crippen LogP contribution is 2.13. The molecule has 0 spiro atoms. The molecule has 1 amide bonds. The molecule has 2 heterocycles. The Morgan fingerprint density at radius 2 is 1.63 bits per heavy atom. The first-order chi connectivity index (χ1) is 13.0. The molecule has 0 aliphatic carbocycles. The standard InChI is InChI=1S/C19H15N5O3/c1-23-18(26)13-7-3-2-6-12(13)16(21-23)10-17(25)22-24-11-20-15-9-5-4-8-14(15)19(24)27/h2-9,11H,10H2,1H3,(H,22,25). The Balaban J connectivity index is 1.67. The molecule has 2 aromatic carbocycles. The minimum Gasteiger partial charge on any atom is -0.273 e. The van der Waals surface area contributed by atoms with Gasteiger partial charge in [-0.1, -0.05) is 30.3 Å². The summed E-state index contributed by atoms with van der Waals surface area (Å²) in [6.07, 6.45) is 1.18. The van der Waals surface area contributed by atoms with Gasteiger partial charge in [-0.3, -0.25) is 19.8 Å². The zero-order chi connectivity index (χ0) is 19.0. The van der Waals surface area contributed by atoms with E-state index < -0.39 is 5.91 Å². The van der Waals surface area contributed by atoms with Crippen molar-refractivity contribution >= 4 is 27.6 Å². The highest BCUT2D eigenvalue weighted by molar-refractivity contribution is 5.91. The van der Waals surface area contributed by atoms with Gasteiger partial charge in [0.2, 0.25) is 5.91 Å². The molecule has 0 unspecified atom stereocenters. The number of hydrogen-bond acceptors (Lipinski definition) is 5. The molecule has 8 heteroatoms. The molecule has 134 valence electrons. The fourth-order valence-electron chi connectivity index (χ4n) is 2.98. The van der Waals surface area contributed by atoms with Gasteiger partial charge in [-0.25, -0.2) is 14.3 Å². The van der Waals surface area contributed by atoms with Crippen LogP contribution in [0.2, 0.25) is 0 Å². The van der Waals surface area contributed by atoms with Crippen LogP contribution in [0.1, 0.15) is 5.69 Å². The Labute approximate surface area is 152 Å². The number of nitrogens with one attached hydrogen (secondary N) is 1. The van der Waals surface area contributed by atoms with Gasteiger partial charge in [-0.15, -0.1) is 0 Å². The average Bonchev–Trinajstić information content (AvgIpc) is 2.68. The van der Waals surface area contributed by atoms with Crippen LogP contribution in [0.5, 0.6) is 0 Å². The molecule has 0 aliphatic rings. The number of benzene rings is 2. The Bertz CT molecular complexity index is 1310. The maximum Gasteiger partial charge on any atom is 0.280 e. The molecule has 0 aliphatic heterocycles. The van der Waals surface area contributed by atoms with Gasteiger partial charge in [0.15, 0.2) is 0 Å². The second kappa shape index (κ2) is 6.49. The van der Waals surface area contributed by atoms with Crippen LogP contribution in [0.3, 0.4) is 0 Å². The van der Waals surface area contributed by atoms with E-state index in [-0.39, 0.29) is 17.5 Å². The monoisotopic (exact) mass is 361 g/mol. The number of carbonyl (C=O) groups is 1. The SMILES string of the molecule is Cn1nc(CC(=O)Nn2cnc3ccccc3c2=O)c2ccccc2c1=O. The summed E-state index contributed by atoms with van der Waals surface area (Å²) >= 11 is 0. The summed E-state index contributed by atoms with van der Waals surface area (Å²) in [5, 5.41) is 5.70. The molecule has 8 nitrogen and oxygen atoms in total. The van der Waals surface area contributed by atoms with E-state index >= 15 is 0 Å². The van der Waals surface area contributed by atoms with Crippen LogP contribution in [0.15, 0.2) is 64.4 Å². The fourth-order valence-corrected chi connectivity index (χ4v) is 2.98. The van der Waals surface area contributed by atoms with Crippen molar-refractivity contribution in [3.8, 4) is 0 Å². The van der Waals surface area contributed by atoms with Crippen LogP contribution in [0.25, 0.3) is 21.7 Å². The summed E-state index contributed by atoms with van der Waals surface area (Å²) in [6, 6.07) is 13.9. The van der Waals surface area contributed by atoms with Crippen molar-refractivity contribution in [3.63, 3.8) is 0 Å². The van der Waals surface area contributed by atoms with Gasteiger partial charge >= 0.3 is 0 Å². The van der Waals surface area contributed by atoms with Gasteiger partial charge in [0, 0.05) is 12.4 Å². The Kier molecular flexibility index (Phi) is 4.00. The lowest BCUT2D eigenvalue weighted by atomic mass is 10.1. The smallest absolute Gasteiger partial charge is 0.273 e. The number of aromatic nitrogens is 4. The van der Waals surface area contributed by atoms with E-state index in [2.05, 4.69) is 15.5 Å². The van der Waals surface area contributed by atoms with Crippen LogP contribution < -0.4 is 16.5 Å². The van der Waals surface area contributed by atoms with Crippen molar-refractivity contribution in [2.75, 3.05) is 5.43 Å². The fraction of sp³-hybridized carbons (Fsp3) is 0.105. The first kappa shape index (κ1) is 16.6. The van der Waals surface area contributed by atoms with Crippen LogP contribution in [-0.2, 0) is 18.3 Å². The molecule has 27 heavy (non-hydrogen) atoms. The molecule has 0 radical (unpaired) electrons. The maximum atomic E-state index is 12.5. The molecule has 0 bridgehead atoms. The molecular weight excluding hydrogens is 346 g/mol. The number of rotatable bonds is 3. The number of nitrogens with zero attached hydrogens (tertiary/aromatic N) is 4. The molecule has 0 fully saturated rings. The van der Waals surface area contributed by atoms with Crippen LogP contribution in [0, 0.1) is 0 Å². The number of fused-ring (bicyclic) bond motifs is 2. The third-order valence-electron chi connectivity index (χ3n) is 4.27. The number of aryl methyl sites for hydroxylation is 1. The van der Waals surface area contributed by atoms with Crippen molar-refractivity contribution in [2.24, 2.45) is 7.05 Å². The summed E-state index contributed by atoms with van der Waals surface area (Å²) in [4.78, 5) is 41.3. The van der Waals surface area contributed by atoms with Gasteiger partial charge in [-0.05, 0) is 18.2 Å². The molecule has 0 saturated carbocycles. The van der Waals surface area contributed by atoms with Crippen molar-refractivity contribution in [2.45, 2.75) is 6.42 Å². The summed E-state index contributed by atoms with van der Waals surface area (Å²) in [5.41, 5.74) is 2.93. The third kappa shape index (κ3) is 2.97. The third-order valence-corrected chi connectivity index (χ3v) is 4.27. The Morgan fingerprint density at radius 3 is 2.41 bits per heavy atom. The average molecular weight is 361 g/mol. The van der Waals surface area contributed by atoms with E-state index in [0.29, 0.717) is 27.4 Å². The van der Waals surface area contributed by atoms with Crippen molar-refractivity contribution in [1.82, 2.24) is 19.4 Å². The molecule has 0 atom stereocenters. The van der Waals surface area contributed by atoms with Crippen LogP contribution in [-0.4, -0.2) is 25.3 Å². The zero-order valence-electron chi connectivity index (χ0n) is 14.4. The lowest BCUT2D eigenvalue weighted by molar-refractivity contribution is -0.116. The topological polar surface area (TPSA) is 98.9 Å². The highest BCUT2D eigenvalue weighted by atomic mass is 16.2. The summed E-state index contributed by atoms with van der Waals surface area (Å²) in [7, 11) is 1.54. The van der Waals surface area contributed by atoms with Crippen LogP contribution >= 0.6 is 0 Å². The van der Waals surface area contributed by atoms with Gasteiger partial charge in [0.05, 0.1) is 28.4 Å². The lowest BCUT2D eigenvalue weighted by Gasteiger charge is -2.10. The Morgan fingerprint density at radius 1 is 0.963 bits per heavy atom. The van der Waals surface area contributed by atoms with Crippen LogP contribution in [0.4, 0.5) is 0 Å². The molecule has 1 N–H and O–H groups in total. The number of amides is 1. The molecule has 0 saturated heterocycles. The van der Waals surface area contributed by atoms with E-state index in [1.54, 1.807) is 48.5 Å². The lowest BCUT2D eigenvalue weighted by Crippen LogP contribution is -2.34. The summed E-state index contributed by atoms with van der Waals surface area (Å²) < 4.78 is 2.25. The molecule has 2 aromatic heterocycles. The minimum absolute atomic E-state index is 0.0894. The predicted octanol–water partition coefficient (Wildman–Crippen LogP) is 0.956. The van der Waals surface area contributed by atoms with E-state index in [1.165, 1.54) is 18.1 Å². The van der Waals surface area contributed by atoms with Gasteiger partial charge in [-0.2, -0.15) is 5.10 Å². The maximum absolute atomic E-state index is 12.5. The summed E-state index contributed by atoms with van der Waals surface area (Å²) in [5.74, 6) is -0.439. The Hall–Kier alpha value is -3.81. The second-order valence-electron chi connectivity index (χ2n) is 6.07. The van der Waals surface area contributed by atoms with E-state index in [1.807, 2.05) is 0 Å². The van der Waals surface area contributed by atoms with E-state index in [0.717, 1.165) is 4.68 Å². The predicted molar refractivity (Wildman–Crippen MR) is 101 cm³/mol. The van der Waals surface area contributed by atoms with Gasteiger partial charge in [0.25, 0.3) is 11.1 Å². The number of para-hydroxylation sites is 1. The highest BCUT2D eigenvalue weighted by Gasteiger charge is 2.13. The van der Waals surface area contributed by atoms with Crippen molar-refractivity contribution in [3.05, 3.63) is 81.3 Å². The number of carbonyl (C=O) groups excluding carboxylic acids is 1. The first-order valence-electron chi connectivity index (χ1n) is 8.26. The van der Waals surface area contributed by atoms with Crippen molar-refractivity contribution < 1.29 is 4.79 Å². The van der Waals surface area contributed by atoms with E-state index in [4.69, 9.17) is 0 Å². The molecular formula is C19H15N5O3. The molecule has 4 rings (SSSR count). The number of hydrogen-bond donors (Lipinski definition) is 1. The zero-order valence-corrected chi connectivity index (χ0v) is 14.4. The first-order valence-corrected chi connectivity index (χ1v) is 8.26. The quantitative estimate of drug-likeness (QED) is 0.586. The molecule has 4 aromatic rings. The summed E-state index contributed by atoms with van der Waals surface area (Å²) in [6.45, 7) is 0. The van der Waals surface area contributed by atoms with E-state index in [9.17, 15) is 14.4 Å². The normalized spacial score (nSPS) is 11.0. The minimum atomic E-state index is -0.439. The largest absolute Gasteiger partial charge is 0.280 e. The second-order valence-corrected chi connectivity index (χ2v) is 6.07. The van der Waals surface area contributed by atoms with Crippen molar-refractivity contribution in [1.29, 1.82) is 0 Å².